The zero-order valence-electron chi connectivity index (χ0n) is 11.0. The number of hydrogen-bond donors (Lipinski definition) is 2. The molecule has 1 amide bonds. The Morgan fingerprint density at radius 1 is 1.26 bits per heavy atom. The summed E-state index contributed by atoms with van der Waals surface area (Å²) >= 11 is 0. The minimum absolute atomic E-state index is 0.473. The molecule has 19 heavy (non-hydrogen) atoms. The van der Waals surface area contributed by atoms with Crippen LogP contribution in [0.1, 0.15) is 5.69 Å². The summed E-state index contributed by atoms with van der Waals surface area (Å²) in [4.78, 5) is 11.1. The average Bonchev–Trinajstić information content (AvgIpc) is 2.82. The molecule has 0 saturated heterocycles. The number of ether oxygens (including phenoxy) is 1. The smallest absolute Gasteiger partial charge is 0.411 e. The predicted molar refractivity (Wildman–Crippen MR) is 75.2 cm³/mol. The fraction of sp³-hybridized carbons (Fsp3) is 0.214. The van der Waals surface area contributed by atoms with E-state index in [4.69, 9.17) is 0 Å². The number of hydrogen-bond acceptors (Lipinski definition) is 3. The number of aryl methyl sites for hydroxylation is 1. The van der Waals surface area contributed by atoms with E-state index in [1.165, 1.54) is 12.8 Å². The fourth-order valence-electron chi connectivity index (χ4n) is 1.75. The fourth-order valence-corrected chi connectivity index (χ4v) is 1.75. The van der Waals surface area contributed by atoms with E-state index in [0.29, 0.717) is 5.69 Å². The number of benzene rings is 1. The van der Waals surface area contributed by atoms with Crippen molar-refractivity contribution in [3.63, 3.8) is 0 Å². The van der Waals surface area contributed by atoms with Crippen molar-refractivity contribution in [3.05, 3.63) is 48.3 Å². The van der Waals surface area contributed by atoms with Gasteiger partial charge in [0.25, 0.3) is 0 Å². The van der Waals surface area contributed by atoms with E-state index in [2.05, 4.69) is 26.0 Å². The first-order valence-electron chi connectivity index (χ1n) is 5.98. The Labute approximate surface area is 112 Å². The van der Waals surface area contributed by atoms with E-state index in [1.807, 2.05) is 43.6 Å². The quantitative estimate of drug-likeness (QED) is 0.887. The number of carbonyl (C=O) groups excluding carboxylic acids is 1. The summed E-state index contributed by atoms with van der Waals surface area (Å²) in [6, 6.07) is 11.6. The van der Waals surface area contributed by atoms with Crippen molar-refractivity contribution in [2.24, 2.45) is 7.05 Å². The van der Waals surface area contributed by atoms with Crippen LogP contribution in [0.4, 0.5) is 16.2 Å². The molecule has 0 fully saturated rings. The summed E-state index contributed by atoms with van der Waals surface area (Å²) in [5.41, 5.74) is 2.82. The number of carbonyl (C=O) groups is 1. The van der Waals surface area contributed by atoms with Gasteiger partial charge in [0, 0.05) is 30.3 Å². The number of anilines is 2. The summed E-state index contributed by atoms with van der Waals surface area (Å²) in [7, 11) is 3.35. The summed E-state index contributed by atoms with van der Waals surface area (Å²) in [6.45, 7) is 0.727. The molecule has 1 aromatic carbocycles. The van der Waals surface area contributed by atoms with Crippen molar-refractivity contribution in [3.8, 4) is 0 Å². The highest BCUT2D eigenvalue weighted by Gasteiger charge is 2.02. The van der Waals surface area contributed by atoms with E-state index in [0.717, 1.165) is 12.2 Å². The molecule has 0 spiro atoms. The molecule has 1 heterocycles. The SMILES string of the molecule is COC(=O)Nc1cccc(NCc2cccn2C)c1. The summed E-state index contributed by atoms with van der Waals surface area (Å²) in [6.07, 6.45) is 1.53. The molecule has 100 valence electrons. The lowest BCUT2D eigenvalue weighted by atomic mass is 10.2. The normalized spacial score (nSPS) is 10.0. The van der Waals surface area contributed by atoms with E-state index in [-0.39, 0.29) is 0 Å². The molecule has 0 radical (unpaired) electrons. The number of nitrogens with zero attached hydrogens (tertiary/aromatic N) is 1. The molecule has 0 atom stereocenters. The molecule has 2 rings (SSSR count). The highest BCUT2D eigenvalue weighted by atomic mass is 16.5. The van der Waals surface area contributed by atoms with Gasteiger partial charge in [-0.3, -0.25) is 5.32 Å². The van der Waals surface area contributed by atoms with Crippen LogP contribution in [0.2, 0.25) is 0 Å². The molecule has 1 aromatic heterocycles. The van der Waals surface area contributed by atoms with Gasteiger partial charge in [0.1, 0.15) is 0 Å². The molecule has 0 aliphatic rings. The molecule has 5 nitrogen and oxygen atoms in total. The van der Waals surface area contributed by atoms with Crippen LogP contribution >= 0.6 is 0 Å². The van der Waals surface area contributed by atoms with Crippen molar-refractivity contribution in [1.82, 2.24) is 4.57 Å². The molecule has 0 bridgehead atoms. The van der Waals surface area contributed by atoms with Gasteiger partial charge in [-0.15, -0.1) is 0 Å². The maximum absolute atomic E-state index is 11.1. The molecule has 0 aliphatic carbocycles. The van der Waals surface area contributed by atoms with E-state index in [9.17, 15) is 4.79 Å². The van der Waals surface area contributed by atoms with Gasteiger partial charge in [-0.1, -0.05) is 6.07 Å². The Morgan fingerprint density at radius 3 is 2.74 bits per heavy atom. The predicted octanol–water partition coefficient (Wildman–Crippen LogP) is 2.82. The van der Waals surface area contributed by atoms with Crippen molar-refractivity contribution in [1.29, 1.82) is 0 Å². The highest BCUT2D eigenvalue weighted by Crippen LogP contribution is 2.16. The van der Waals surface area contributed by atoms with Crippen molar-refractivity contribution < 1.29 is 9.53 Å². The monoisotopic (exact) mass is 259 g/mol. The third-order valence-corrected chi connectivity index (χ3v) is 2.82. The van der Waals surface area contributed by atoms with Crippen LogP contribution in [0.3, 0.4) is 0 Å². The lowest BCUT2D eigenvalue weighted by Gasteiger charge is -2.09. The lowest BCUT2D eigenvalue weighted by molar-refractivity contribution is 0.187. The Hall–Kier alpha value is -2.43. The van der Waals surface area contributed by atoms with Crippen LogP contribution in [-0.4, -0.2) is 17.8 Å². The van der Waals surface area contributed by atoms with Gasteiger partial charge in [-0.25, -0.2) is 4.79 Å². The van der Waals surface area contributed by atoms with Crippen molar-refractivity contribution >= 4 is 17.5 Å². The van der Waals surface area contributed by atoms with E-state index >= 15 is 0 Å². The number of rotatable bonds is 4. The van der Waals surface area contributed by atoms with Gasteiger partial charge < -0.3 is 14.6 Å². The second-order valence-corrected chi connectivity index (χ2v) is 4.16. The third-order valence-electron chi connectivity index (χ3n) is 2.82. The summed E-state index contributed by atoms with van der Waals surface area (Å²) in [5.74, 6) is 0. The maximum atomic E-state index is 11.1. The maximum Gasteiger partial charge on any atom is 0.411 e. The van der Waals surface area contributed by atoms with Crippen LogP contribution in [0, 0.1) is 0 Å². The first kappa shape index (κ1) is 13.0. The van der Waals surface area contributed by atoms with Gasteiger partial charge in [0.2, 0.25) is 0 Å². The zero-order chi connectivity index (χ0) is 13.7. The van der Waals surface area contributed by atoms with Gasteiger partial charge in [0.15, 0.2) is 0 Å². The summed E-state index contributed by atoms with van der Waals surface area (Å²) < 4.78 is 6.61. The minimum atomic E-state index is -0.473. The molecule has 2 N–H and O–H groups in total. The Bertz CT molecular complexity index is 563. The Balaban J connectivity index is 1.99. The topological polar surface area (TPSA) is 55.3 Å². The van der Waals surface area contributed by atoms with Crippen LogP contribution in [0.5, 0.6) is 0 Å². The Kier molecular flexibility index (Phi) is 4.07. The number of aromatic nitrogens is 1. The van der Waals surface area contributed by atoms with E-state index < -0.39 is 6.09 Å². The lowest BCUT2D eigenvalue weighted by Crippen LogP contribution is -2.11. The molecule has 0 unspecified atom stereocenters. The largest absolute Gasteiger partial charge is 0.453 e. The second-order valence-electron chi connectivity index (χ2n) is 4.16. The third kappa shape index (κ3) is 3.51. The highest BCUT2D eigenvalue weighted by molar-refractivity contribution is 5.85. The summed E-state index contributed by atoms with van der Waals surface area (Å²) in [5, 5.41) is 5.94. The molecule has 5 heteroatoms. The van der Waals surface area contributed by atoms with Gasteiger partial charge >= 0.3 is 6.09 Å². The van der Waals surface area contributed by atoms with Crippen LogP contribution in [0.25, 0.3) is 0 Å². The first-order valence-corrected chi connectivity index (χ1v) is 5.98. The number of amides is 1. The zero-order valence-corrected chi connectivity index (χ0v) is 11.0. The van der Waals surface area contributed by atoms with Gasteiger partial charge in [-0.05, 0) is 30.3 Å². The molecular weight excluding hydrogens is 242 g/mol. The molecule has 0 aliphatic heterocycles. The molecule has 0 saturated carbocycles. The van der Waals surface area contributed by atoms with Crippen LogP contribution in [-0.2, 0) is 18.3 Å². The van der Waals surface area contributed by atoms with Gasteiger partial charge in [0.05, 0.1) is 13.7 Å². The van der Waals surface area contributed by atoms with Crippen molar-refractivity contribution in [2.75, 3.05) is 17.7 Å². The van der Waals surface area contributed by atoms with Gasteiger partial charge in [-0.2, -0.15) is 0 Å². The Morgan fingerprint density at radius 2 is 2.05 bits per heavy atom. The molecular formula is C14H17N3O2. The average molecular weight is 259 g/mol. The molecule has 2 aromatic rings. The van der Waals surface area contributed by atoms with E-state index in [1.54, 1.807) is 0 Å². The second kappa shape index (κ2) is 5.95. The van der Waals surface area contributed by atoms with Crippen LogP contribution < -0.4 is 10.6 Å². The number of methoxy groups -OCH3 is 1. The van der Waals surface area contributed by atoms with Crippen molar-refractivity contribution in [2.45, 2.75) is 6.54 Å². The standard InChI is InChI=1S/C14H17N3O2/c1-17-8-4-7-13(17)10-15-11-5-3-6-12(9-11)16-14(18)19-2/h3-9,15H,10H2,1-2H3,(H,16,18). The minimum Gasteiger partial charge on any atom is -0.453 e. The number of nitrogens with one attached hydrogen (secondary N) is 2. The van der Waals surface area contributed by atoms with Crippen LogP contribution in [0.15, 0.2) is 42.6 Å². The first-order chi connectivity index (χ1) is 9.19.